The van der Waals surface area contributed by atoms with Gasteiger partial charge in [0.2, 0.25) is 5.75 Å². The summed E-state index contributed by atoms with van der Waals surface area (Å²) >= 11 is 0. The second kappa shape index (κ2) is 12.2. The lowest BCUT2D eigenvalue weighted by molar-refractivity contribution is -0.155. The number of Topliss-reactive ketones (excluding diaryl/α,β-unsaturated/α-hetero) is 1. The topological polar surface area (TPSA) is 104 Å². The molecule has 9 nitrogen and oxygen atoms in total. The van der Waals surface area contributed by atoms with Crippen LogP contribution in [0.1, 0.15) is 33.5 Å². The van der Waals surface area contributed by atoms with Crippen molar-refractivity contribution >= 4 is 17.7 Å². The Balaban J connectivity index is 1.54. The number of aryl methyl sites for hydroxylation is 1. The molecule has 2 heterocycles. The third-order valence-corrected chi connectivity index (χ3v) is 6.48. The van der Waals surface area contributed by atoms with E-state index in [0.717, 1.165) is 16.7 Å². The summed E-state index contributed by atoms with van der Waals surface area (Å²) in [5.74, 6) is -1.35. The maximum atomic E-state index is 13.5. The van der Waals surface area contributed by atoms with Crippen molar-refractivity contribution in [3.8, 4) is 17.2 Å². The van der Waals surface area contributed by atoms with E-state index in [1.165, 1.54) is 38.4 Å². The number of nitrogens with zero attached hydrogens (tertiary/aromatic N) is 2. The lowest BCUT2D eigenvalue weighted by atomic mass is 9.93. The third kappa shape index (κ3) is 5.77. The van der Waals surface area contributed by atoms with E-state index >= 15 is 0 Å². The maximum absolute atomic E-state index is 13.5. The van der Waals surface area contributed by atoms with Gasteiger partial charge in [-0.25, -0.2) is 4.79 Å². The molecule has 0 fully saturated rings. The van der Waals surface area contributed by atoms with Gasteiger partial charge in [-0.15, -0.1) is 0 Å². The first-order chi connectivity index (χ1) is 18.5. The minimum absolute atomic E-state index is 0.0620. The highest BCUT2D eigenvalue weighted by molar-refractivity contribution is 6.43. The van der Waals surface area contributed by atoms with Crippen LogP contribution >= 0.6 is 0 Å². The molecule has 0 spiro atoms. The van der Waals surface area contributed by atoms with Crippen LogP contribution in [-0.2, 0) is 33.7 Å². The van der Waals surface area contributed by atoms with E-state index in [9.17, 15) is 14.4 Å². The fourth-order valence-corrected chi connectivity index (χ4v) is 4.50. The molecule has 0 bridgehead atoms. The van der Waals surface area contributed by atoms with Crippen molar-refractivity contribution in [1.29, 1.82) is 0 Å². The molecule has 0 aliphatic carbocycles. The van der Waals surface area contributed by atoms with Crippen molar-refractivity contribution < 1.29 is 33.3 Å². The number of amides is 1. The molecule has 0 radical (unpaired) electrons. The summed E-state index contributed by atoms with van der Waals surface area (Å²) in [6.07, 6.45) is 5.05. The zero-order valence-electron chi connectivity index (χ0n) is 21.6. The molecular weight excluding hydrogens is 488 g/mol. The van der Waals surface area contributed by atoms with E-state index in [2.05, 4.69) is 4.98 Å². The summed E-state index contributed by atoms with van der Waals surface area (Å²) < 4.78 is 21.5. The monoisotopic (exact) mass is 518 g/mol. The number of hydrogen-bond acceptors (Lipinski definition) is 8. The average molecular weight is 519 g/mol. The fraction of sp³-hybridized carbons (Fsp3) is 0.310. The summed E-state index contributed by atoms with van der Waals surface area (Å²) in [4.78, 5) is 45.5. The van der Waals surface area contributed by atoms with Crippen molar-refractivity contribution in [3.63, 3.8) is 0 Å². The SMILES string of the molecule is COc1cc(C(=O)C(=O)N2Cc3ccccc3CC2C(=O)OCCCc2cccnc2)cc(OC)c1OC. The van der Waals surface area contributed by atoms with Gasteiger partial charge in [-0.2, -0.15) is 0 Å². The molecule has 1 aliphatic heterocycles. The second-order valence-corrected chi connectivity index (χ2v) is 8.80. The summed E-state index contributed by atoms with van der Waals surface area (Å²) in [5, 5.41) is 0. The van der Waals surface area contributed by atoms with Gasteiger partial charge in [0, 0.05) is 30.9 Å². The van der Waals surface area contributed by atoms with Crippen LogP contribution in [0.25, 0.3) is 0 Å². The van der Waals surface area contributed by atoms with Gasteiger partial charge in [0.05, 0.1) is 27.9 Å². The third-order valence-electron chi connectivity index (χ3n) is 6.48. The molecule has 0 saturated carbocycles. The van der Waals surface area contributed by atoms with E-state index in [0.29, 0.717) is 18.6 Å². The highest BCUT2D eigenvalue weighted by Crippen LogP contribution is 2.38. The van der Waals surface area contributed by atoms with Crippen LogP contribution in [-0.4, -0.2) is 61.5 Å². The minimum Gasteiger partial charge on any atom is -0.493 e. The van der Waals surface area contributed by atoms with Gasteiger partial charge in [0.25, 0.3) is 11.7 Å². The van der Waals surface area contributed by atoms with Gasteiger partial charge in [0.1, 0.15) is 6.04 Å². The number of carbonyl (C=O) groups excluding carboxylic acids is 3. The molecule has 38 heavy (non-hydrogen) atoms. The quantitative estimate of drug-likeness (QED) is 0.174. The molecule has 2 aromatic carbocycles. The molecule has 1 unspecified atom stereocenters. The average Bonchev–Trinajstić information content (AvgIpc) is 2.97. The van der Waals surface area contributed by atoms with E-state index < -0.39 is 23.7 Å². The van der Waals surface area contributed by atoms with Gasteiger partial charge in [0.15, 0.2) is 11.5 Å². The van der Waals surface area contributed by atoms with Gasteiger partial charge in [-0.1, -0.05) is 30.3 Å². The van der Waals surface area contributed by atoms with E-state index in [1.54, 1.807) is 12.4 Å². The highest BCUT2D eigenvalue weighted by Gasteiger charge is 2.38. The number of methoxy groups -OCH3 is 3. The van der Waals surface area contributed by atoms with Crippen LogP contribution in [0.3, 0.4) is 0 Å². The number of pyridine rings is 1. The van der Waals surface area contributed by atoms with Gasteiger partial charge >= 0.3 is 5.97 Å². The Kier molecular flexibility index (Phi) is 8.58. The van der Waals surface area contributed by atoms with Crippen molar-refractivity contribution in [3.05, 3.63) is 83.2 Å². The number of ether oxygens (including phenoxy) is 4. The van der Waals surface area contributed by atoms with Gasteiger partial charge in [-0.3, -0.25) is 14.6 Å². The normalized spacial score (nSPS) is 14.3. The number of hydrogen-bond donors (Lipinski definition) is 0. The summed E-state index contributed by atoms with van der Waals surface area (Å²) in [6, 6.07) is 13.3. The molecule has 1 atom stereocenters. The number of rotatable bonds is 10. The van der Waals surface area contributed by atoms with Crippen molar-refractivity contribution in [2.45, 2.75) is 31.8 Å². The minimum atomic E-state index is -0.929. The van der Waals surface area contributed by atoms with Gasteiger partial charge in [-0.05, 0) is 47.7 Å². The number of benzene rings is 2. The zero-order chi connectivity index (χ0) is 27.1. The van der Waals surface area contributed by atoms with Crippen LogP contribution < -0.4 is 14.2 Å². The predicted octanol–water partition coefficient (Wildman–Crippen LogP) is 3.42. The molecule has 9 heteroatoms. The Hall–Kier alpha value is -4.40. The lowest BCUT2D eigenvalue weighted by Crippen LogP contribution is -2.51. The van der Waals surface area contributed by atoms with Crippen molar-refractivity contribution in [2.75, 3.05) is 27.9 Å². The lowest BCUT2D eigenvalue weighted by Gasteiger charge is -2.35. The van der Waals surface area contributed by atoms with Crippen LogP contribution in [0.5, 0.6) is 17.2 Å². The summed E-state index contributed by atoms with van der Waals surface area (Å²) in [6.45, 7) is 0.301. The van der Waals surface area contributed by atoms with E-state index in [-0.39, 0.29) is 36.6 Å². The second-order valence-electron chi connectivity index (χ2n) is 8.80. The zero-order valence-corrected chi connectivity index (χ0v) is 21.6. The van der Waals surface area contributed by atoms with E-state index in [1.807, 2.05) is 36.4 Å². The Morgan fingerprint density at radius 3 is 2.29 bits per heavy atom. The van der Waals surface area contributed by atoms with Crippen LogP contribution in [0, 0.1) is 0 Å². The molecule has 1 aromatic heterocycles. The Morgan fingerprint density at radius 2 is 1.66 bits per heavy atom. The number of esters is 1. The standard InChI is InChI=1S/C29H30N2O7/c1-35-24-15-22(16-25(36-2)27(24)37-3)26(32)28(33)31-18-21-11-5-4-10-20(21)14-23(31)29(34)38-13-7-9-19-8-6-12-30-17-19/h4-6,8,10-12,15-17,23H,7,9,13-14,18H2,1-3H3. The molecule has 4 rings (SSSR count). The largest absolute Gasteiger partial charge is 0.493 e. The Morgan fingerprint density at radius 1 is 0.947 bits per heavy atom. The van der Waals surface area contributed by atoms with Gasteiger partial charge < -0.3 is 23.8 Å². The number of fused-ring (bicyclic) bond motifs is 1. The molecule has 0 saturated heterocycles. The summed E-state index contributed by atoms with van der Waals surface area (Å²) in [5.41, 5.74) is 2.92. The number of aromatic nitrogens is 1. The number of carbonyl (C=O) groups is 3. The molecular formula is C29H30N2O7. The smallest absolute Gasteiger partial charge is 0.329 e. The van der Waals surface area contributed by atoms with Crippen molar-refractivity contribution in [2.24, 2.45) is 0 Å². The van der Waals surface area contributed by atoms with Crippen LogP contribution in [0.4, 0.5) is 0 Å². The van der Waals surface area contributed by atoms with Crippen LogP contribution in [0.15, 0.2) is 60.9 Å². The maximum Gasteiger partial charge on any atom is 0.329 e. The summed E-state index contributed by atoms with van der Waals surface area (Å²) in [7, 11) is 4.30. The van der Waals surface area contributed by atoms with Crippen LogP contribution in [0.2, 0.25) is 0 Å². The van der Waals surface area contributed by atoms with E-state index in [4.69, 9.17) is 18.9 Å². The first kappa shape index (κ1) is 26.7. The molecule has 198 valence electrons. The molecule has 3 aromatic rings. The molecule has 1 amide bonds. The predicted molar refractivity (Wildman–Crippen MR) is 138 cm³/mol. The highest BCUT2D eigenvalue weighted by atomic mass is 16.5. The Bertz CT molecular complexity index is 1280. The molecule has 0 N–H and O–H groups in total. The Labute approximate surface area is 221 Å². The first-order valence-electron chi connectivity index (χ1n) is 12.2. The fourth-order valence-electron chi connectivity index (χ4n) is 4.50. The molecule has 1 aliphatic rings. The number of ketones is 1. The first-order valence-corrected chi connectivity index (χ1v) is 12.2. The van der Waals surface area contributed by atoms with Crippen molar-refractivity contribution in [1.82, 2.24) is 9.88 Å².